The van der Waals surface area contributed by atoms with E-state index in [1.54, 1.807) is 6.07 Å². The van der Waals surface area contributed by atoms with Crippen molar-refractivity contribution in [1.29, 1.82) is 0 Å². The second kappa shape index (κ2) is 8.30. The van der Waals surface area contributed by atoms with Gasteiger partial charge in [0.05, 0.1) is 10.7 Å². The second-order valence-corrected chi connectivity index (χ2v) is 6.34. The molecule has 24 heavy (non-hydrogen) atoms. The molecule has 1 aromatic carbocycles. The summed E-state index contributed by atoms with van der Waals surface area (Å²) in [6, 6.07) is 5.55. The van der Waals surface area contributed by atoms with E-state index in [1.807, 2.05) is 24.0 Å². The first-order valence-corrected chi connectivity index (χ1v) is 8.60. The van der Waals surface area contributed by atoms with E-state index in [4.69, 9.17) is 23.8 Å². The van der Waals surface area contributed by atoms with Crippen LogP contribution in [0.2, 0.25) is 5.02 Å². The highest BCUT2D eigenvalue weighted by atomic mass is 35.5. The van der Waals surface area contributed by atoms with Gasteiger partial charge in [-0.1, -0.05) is 18.5 Å². The zero-order chi connectivity index (χ0) is 17.7. The summed E-state index contributed by atoms with van der Waals surface area (Å²) in [4.78, 5) is 26.7. The molecule has 0 bridgehead atoms. The standard InChI is InChI=1S/C16H21ClN4O2S/c1-3-15(23)21-8-6-20(7-9-21)14-5-4-12(10-13(14)17)19-16(24)18-11(2)22/h4-5,10H,3,6-9H2,1-2H3,(H2,18,19,22,24). The number of piperazine rings is 1. The van der Waals surface area contributed by atoms with Crippen LogP contribution in [-0.4, -0.2) is 48.0 Å². The number of hydrogen-bond donors (Lipinski definition) is 2. The summed E-state index contributed by atoms with van der Waals surface area (Å²) in [6.07, 6.45) is 0.537. The van der Waals surface area contributed by atoms with Crippen molar-refractivity contribution >= 4 is 52.1 Å². The molecule has 0 unspecified atom stereocenters. The van der Waals surface area contributed by atoms with Gasteiger partial charge in [-0.05, 0) is 30.4 Å². The van der Waals surface area contributed by atoms with Gasteiger partial charge in [-0.15, -0.1) is 0 Å². The highest BCUT2D eigenvalue weighted by Gasteiger charge is 2.21. The molecule has 0 saturated carbocycles. The Morgan fingerprint density at radius 1 is 1.25 bits per heavy atom. The topological polar surface area (TPSA) is 64.7 Å². The third-order valence-corrected chi connectivity index (χ3v) is 4.28. The Kier molecular flexibility index (Phi) is 6.39. The number of anilines is 2. The third-order valence-electron chi connectivity index (χ3n) is 3.77. The molecular weight excluding hydrogens is 348 g/mol. The molecule has 0 atom stereocenters. The molecule has 2 rings (SSSR count). The molecule has 1 aromatic rings. The fourth-order valence-electron chi connectivity index (χ4n) is 2.58. The van der Waals surface area contributed by atoms with Gasteiger partial charge in [0.15, 0.2) is 5.11 Å². The average molecular weight is 369 g/mol. The van der Waals surface area contributed by atoms with Crippen molar-refractivity contribution in [2.45, 2.75) is 20.3 Å². The van der Waals surface area contributed by atoms with E-state index in [0.29, 0.717) is 30.2 Å². The molecule has 2 N–H and O–H groups in total. The Balaban J connectivity index is 1.99. The summed E-state index contributed by atoms with van der Waals surface area (Å²) in [7, 11) is 0. The molecule has 0 radical (unpaired) electrons. The molecule has 2 amide bonds. The van der Waals surface area contributed by atoms with Crippen molar-refractivity contribution in [2.75, 3.05) is 36.4 Å². The van der Waals surface area contributed by atoms with E-state index in [2.05, 4.69) is 15.5 Å². The number of nitrogens with one attached hydrogen (secondary N) is 2. The monoisotopic (exact) mass is 368 g/mol. The Morgan fingerprint density at radius 2 is 1.92 bits per heavy atom. The lowest BCUT2D eigenvalue weighted by atomic mass is 10.2. The summed E-state index contributed by atoms with van der Waals surface area (Å²) in [6.45, 7) is 6.19. The SMILES string of the molecule is CCC(=O)N1CCN(c2ccc(NC(=S)NC(C)=O)cc2Cl)CC1. The van der Waals surface area contributed by atoms with Crippen LogP contribution in [0.4, 0.5) is 11.4 Å². The summed E-state index contributed by atoms with van der Waals surface area (Å²) < 4.78 is 0. The van der Waals surface area contributed by atoms with Crippen molar-refractivity contribution in [2.24, 2.45) is 0 Å². The molecule has 130 valence electrons. The molecule has 0 aliphatic carbocycles. The predicted molar refractivity (Wildman–Crippen MR) is 101 cm³/mol. The maximum atomic E-state index is 11.7. The van der Waals surface area contributed by atoms with Crippen LogP contribution in [0.5, 0.6) is 0 Å². The maximum Gasteiger partial charge on any atom is 0.222 e. The van der Waals surface area contributed by atoms with Crippen molar-refractivity contribution in [3.8, 4) is 0 Å². The molecule has 1 aliphatic heterocycles. The minimum absolute atomic E-state index is 0.187. The maximum absolute atomic E-state index is 11.7. The van der Waals surface area contributed by atoms with E-state index in [-0.39, 0.29) is 16.9 Å². The first-order valence-electron chi connectivity index (χ1n) is 7.81. The largest absolute Gasteiger partial charge is 0.367 e. The summed E-state index contributed by atoms with van der Waals surface area (Å²) in [5.74, 6) is -0.0403. The van der Waals surface area contributed by atoms with Crippen LogP contribution in [0.25, 0.3) is 0 Å². The molecule has 1 saturated heterocycles. The van der Waals surface area contributed by atoms with Crippen LogP contribution in [0.3, 0.4) is 0 Å². The Labute approximate surface area is 152 Å². The molecular formula is C16H21ClN4O2S. The van der Waals surface area contributed by atoms with E-state index in [9.17, 15) is 9.59 Å². The normalized spacial score (nSPS) is 14.3. The molecule has 6 nitrogen and oxygen atoms in total. The van der Waals surface area contributed by atoms with Crippen LogP contribution in [0.1, 0.15) is 20.3 Å². The minimum atomic E-state index is -0.227. The smallest absolute Gasteiger partial charge is 0.222 e. The van der Waals surface area contributed by atoms with Gasteiger partial charge in [-0.2, -0.15) is 0 Å². The van der Waals surface area contributed by atoms with Gasteiger partial charge in [0.1, 0.15) is 0 Å². The molecule has 0 spiro atoms. The van der Waals surface area contributed by atoms with Crippen molar-refractivity contribution < 1.29 is 9.59 Å². The van der Waals surface area contributed by atoms with Crippen molar-refractivity contribution in [3.63, 3.8) is 0 Å². The van der Waals surface area contributed by atoms with Gasteiger partial charge in [0, 0.05) is 45.2 Å². The lowest BCUT2D eigenvalue weighted by Crippen LogP contribution is -2.48. The number of hydrogen-bond acceptors (Lipinski definition) is 4. The molecule has 1 aliphatic rings. The van der Waals surface area contributed by atoms with Gasteiger partial charge < -0.3 is 20.4 Å². The molecule has 1 heterocycles. The summed E-state index contributed by atoms with van der Waals surface area (Å²) in [5, 5.41) is 6.25. The van der Waals surface area contributed by atoms with Crippen molar-refractivity contribution in [3.05, 3.63) is 23.2 Å². The van der Waals surface area contributed by atoms with Gasteiger partial charge in [0.25, 0.3) is 0 Å². The quantitative estimate of drug-likeness (QED) is 0.801. The fraction of sp³-hybridized carbons (Fsp3) is 0.438. The van der Waals surface area contributed by atoms with Gasteiger partial charge >= 0.3 is 0 Å². The van der Waals surface area contributed by atoms with Gasteiger partial charge in [-0.25, -0.2) is 0 Å². The number of amides is 2. The van der Waals surface area contributed by atoms with Crippen molar-refractivity contribution in [1.82, 2.24) is 10.2 Å². The van der Waals surface area contributed by atoms with E-state index >= 15 is 0 Å². The lowest BCUT2D eigenvalue weighted by Gasteiger charge is -2.36. The number of rotatable bonds is 3. The van der Waals surface area contributed by atoms with E-state index in [0.717, 1.165) is 18.8 Å². The van der Waals surface area contributed by atoms with Crippen LogP contribution >= 0.6 is 23.8 Å². The summed E-state index contributed by atoms with van der Waals surface area (Å²) >= 11 is 11.4. The number of carbonyl (C=O) groups is 2. The molecule has 0 aromatic heterocycles. The molecule has 1 fully saturated rings. The third kappa shape index (κ3) is 4.82. The van der Waals surface area contributed by atoms with Crippen LogP contribution in [-0.2, 0) is 9.59 Å². The van der Waals surface area contributed by atoms with Gasteiger partial charge in [0.2, 0.25) is 11.8 Å². The van der Waals surface area contributed by atoms with Crippen LogP contribution < -0.4 is 15.5 Å². The number of carbonyl (C=O) groups excluding carboxylic acids is 2. The lowest BCUT2D eigenvalue weighted by molar-refractivity contribution is -0.131. The van der Waals surface area contributed by atoms with Gasteiger partial charge in [-0.3, -0.25) is 9.59 Å². The number of halogens is 1. The first kappa shape index (κ1) is 18.5. The zero-order valence-electron chi connectivity index (χ0n) is 13.8. The van der Waals surface area contributed by atoms with E-state index < -0.39 is 0 Å². The predicted octanol–water partition coefficient (Wildman–Crippen LogP) is 2.23. The highest BCUT2D eigenvalue weighted by molar-refractivity contribution is 7.80. The Hall–Kier alpha value is -1.86. The average Bonchev–Trinajstić information content (AvgIpc) is 2.53. The zero-order valence-corrected chi connectivity index (χ0v) is 15.3. The highest BCUT2D eigenvalue weighted by Crippen LogP contribution is 2.29. The minimum Gasteiger partial charge on any atom is -0.367 e. The van der Waals surface area contributed by atoms with E-state index in [1.165, 1.54) is 6.92 Å². The fourth-order valence-corrected chi connectivity index (χ4v) is 3.15. The van der Waals surface area contributed by atoms with Crippen LogP contribution in [0.15, 0.2) is 18.2 Å². The summed E-state index contributed by atoms with van der Waals surface area (Å²) in [5.41, 5.74) is 1.64. The number of benzene rings is 1. The Morgan fingerprint density at radius 3 is 2.46 bits per heavy atom. The molecule has 8 heteroatoms. The van der Waals surface area contributed by atoms with Crippen LogP contribution in [0, 0.1) is 0 Å². The first-order chi connectivity index (χ1) is 11.4. The second-order valence-electron chi connectivity index (χ2n) is 5.52. The number of thiocarbonyl (C=S) groups is 1. The Bertz CT molecular complexity index is 645. The number of nitrogens with zero attached hydrogens (tertiary/aromatic N) is 2.